The van der Waals surface area contributed by atoms with Gasteiger partial charge in [-0.05, 0) is 79.1 Å². The molecule has 0 aromatic heterocycles. The molecule has 3 aliphatic rings. The van der Waals surface area contributed by atoms with Gasteiger partial charge in [-0.3, -0.25) is 9.52 Å². The average Bonchev–Trinajstić information content (AvgIpc) is 3.08. The number of benzene rings is 2. The molecule has 1 aliphatic carbocycles. The first-order valence-electron chi connectivity index (χ1n) is 12.0. The van der Waals surface area contributed by atoms with Crippen molar-refractivity contribution in [1.29, 1.82) is 0 Å². The van der Waals surface area contributed by atoms with Gasteiger partial charge in [0, 0.05) is 41.5 Å². The molecular formula is C26H31ClN2O3S. The number of ether oxygens (including phenoxy) is 2. The van der Waals surface area contributed by atoms with Crippen LogP contribution in [0.1, 0.15) is 53.6 Å². The number of nitrogens with one attached hydrogen (secondary N) is 1. The third-order valence-electron chi connectivity index (χ3n) is 7.03. The molecule has 7 heteroatoms. The van der Waals surface area contributed by atoms with Crippen LogP contribution < -0.4 is 14.4 Å². The Morgan fingerprint density at radius 1 is 1.06 bits per heavy atom. The molecule has 0 fully saturated rings. The summed E-state index contributed by atoms with van der Waals surface area (Å²) in [6, 6.07) is 12.1. The molecule has 2 aromatic carbocycles. The summed E-state index contributed by atoms with van der Waals surface area (Å²) in [5.41, 5.74) is 4.33. The quantitative estimate of drug-likeness (QED) is 0.506. The van der Waals surface area contributed by atoms with Crippen LogP contribution in [0.15, 0.2) is 36.4 Å². The smallest absolute Gasteiger partial charge is 0.261 e. The Bertz CT molecular complexity index is 1020. The number of hydrogen-bond donors (Lipinski definition) is 1. The third kappa shape index (κ3) is 4.98. The highest BCUT2D eigenvalue weighted by molar-refractivity contribution is 7.97. The SMILES string of the molecule is O=C1NSCCOCCCCCCN2C[C@@]3(CCc4cc(Cl)ccc43)COc3ccc1cc32. The predicted molar refractivity (Wildman–Crippen MR) is 135 cm³/mol. The molecule has 5 nitrogen and oxygen atoms in total. The molecule has 2 heterocycles. The van der Waals surface area contributed by atoms with Crippen LogP contribution in [0.4, 0.5) is 5.69 Å². The molecule has 2 bridgehead atoms. The topological polar surface area (TPSA) is 50.8 Å². The van der Waals surface area contributed by atoms with E-state index in [1.54, 1.807) is 0 Å². The van der Waals surface area contributed by atoms with Crippen LogP contribution in [-0.2, 0) is 16.6 Å². The second-order valence-electron chi connectivity index (χ2n) is 9.28. The summed E-state index contributed by atoms with van der Waals surface area (Å²) in [6.07, 6.45) is 6.61. The molecule has 1 N–H and O–H groups in total. The normalized spacial score (nSPS) is 24.0. The van der Waals surface area contributed by atoms with Crippen LogP contribution in [0.25, 0.3) is 0 Å². The van der Waals surface area contributed by atoms with Crippen molar-refractivity contribution in [3.05, 3.63) is 58.1 Å². The van der Waals surface area contributed by atoms with Gasteiger partial charge in [-0.2, -0.15) is 0 Å². The Hall–Kier alpha value is -1.89. The summed E-state index contributed by atoms with van der Waals surface area (Å²) in [5.74, 6) is 1.54. The zero-order chi connectivity index (χ0) is 22.7. The van der Waals surface area contributed by atoms with Gasteiger partial charge in [0.15, 0.2) is 0 Å². The van der Waals surface area contributed by atoms with Gasteiger partial charge in [-0.25, -0.2) is 0 Å². The van der Waals surface area contributed by atoms with E-state index in [2.05, 4.69) is 21.8 Å². The second-order valence-corrected chi connectivity index (χ2v) is 10.6. The number of carbonyl (C=O) groups is 1. The van der Waals surface area contributed by atoms with Crippen LogP contribution in [0.2, 0.25) is 5.02 Å². The zero-order valence-corrected chi connectivity index (χ0v) is 20.5. The summed E-state index contributed by atoms with van der Waals surface area (Å²) >= 11 is 7.70. The molecule has 1 atom stereocenters. The van der Waals surface area contributed by atoms with E-state index < -0.39 is 0 Å². The van der Waals surface area contributed by atoms with Crippen LogP contribution >= 0.6 is 23.5 Å². The van der Waals surface area contributed by atoms with Crippen LogP contribution in [0, 0.1) is 0 Å². The fourth-order valence-corrected chi connectivity index (χ4v) is 6.03. The number of carbonyl (C=O) groups excluding carboxylic acids is 1. The van der Waals surface area contributed by atoms with E-state index in [1.807, 2.05) is 24.3 Å². The van der Waals surface area contributed by atoms with Gasteiger partial charge in [0.25, 0.3) is 5.91 Å². The van der Waals surface area contributed by atoms with Crippen LogP contribution in [-0.4, -0.2) is 44.6 Å². The maximum atomic E-state index is 12.8. The first kappa shape index (κ1) is 22.9. The van der Waals surface area contributed by atoms with Gasteiger partial charge in [0.05, 0.1) is 18.9 Å². The lowest BCUT2D eigenvalue weighted by Crippen LogP contribution is -2.42. The van der Waals surface area contributed by atoms with Crippen molar-refractivity contribution >= 4 is 35.1 Å². The lowest BCUT2D eigenvalue weighted by molar-refractivity contribution is 0.0984. The van der Waals surface area contributed by atoms with E-state index in [-0.39, 0.29) is 11.3 Å². The number of halogens is 1. The fraction of sp³-hybridized carbons (Fsp3) is 0.500. The van der Waals surface area contributed by atoms with E-state index in [9.17, 15) is 4.79 Å². The Kier molecular flexibility index (Phi) is 7.05. The van der Waals surface area contributed by atoms with Crippen molar-refractivity contribution in [3.8, 4) is 5.75 Å². The molecule has 2 aromatic rings. The first-order chi connectivity index (χ1) is 16.1. The van der Waals surface area contributed by atoms with Crippen molar-refractivity contribution in [1.82, 2.24) is 4.72 Å². The number of anilines is 1. The minimum atomic E-state index is -0.0744. The number of rotatable bonds is 0. The molecule has 0 unspecified atom stereocenters. The molecule has 2 aliphatic heterocycles. The highest BCUT2D eigenvalue weighted by Gasteiger charge is 2.43. The van der Waals surface area contributed by atoms with Crippen molar-refractivity contribution in [2.24, 2.45) is 0 Å². The van der Waals surface area contributed by atoms with Crippen molar-refractivity contribution in [2.75, 3.05) is 43.6 Å². The number of amides is 1. The molecular weight excluding hydrogens is 456 g/mol. The van der Waals surface area contributed by atoms with Gasteiger partial charge < -0.3 is 14.4 Å². The maximum Gasteiger partial charge on any atom is 0.261 e. The van der Waals surface area contributed by atoms with Crippen LogP contribution in [0.5, 0.6) is 5.75 Å². The van der Waals surface area contributed by atoms with E-state index in [1.165, 1.54) is 35.9 Å². The fourth-order valence-electron chi connectivity index (χ4n) is 5.29. The molecule has 0 radical (unpaired) electrons. The van der Waals surface area contributed by atoms with Crippen molar-refractivity contribution in [2.45, 2.75) is 43.9 Å². The van der Waals surface area contributed by atoms with Crippen molar-refractivity contribution in [3.63, 3.8) is 0 Å². The summed E-state index contributed by atoms with van der Waals surface area (Å²) < 4.78 is 15.1. The Morgan fingerprint density at radius 3 is 2.91 bits per heavy atom. The van der Waals surface area contributed by atoms with E-state index in [0.717, 1.165) is 67.6 Å². The molecule has 0 saturated heterocycles. The highest BCUT2D eigenvalue weighted by Crippen LogP contribution is 2.45. The Labute approximate surface area is 205 Å². The van der Waals surface area contributed by atoms with Crippen LogP contribution in [0.3, 0.4) is 0 Å². The van der Waals surface area contributed by atoms with Gasteiger partial charge in [0.1, 0.15) is 5.75 Å². The van der Waals surface area contributed by atoms with E-state index in [4.69, 9.17) is 21.1 Å². The monoisotopic (exact) mass is 486 g/mol. The zero-order valence-electron chi connectivity index (χ0n) is 18.9. The van der Waals surface area contributed by atoms with Crippen molar-refractivity contribution < 1.29 is 14.3 Å². The lowest BCUT2D eigenvalue weighted by atomic mass is 9.82. The molecule has 33 heavy (non-hydrogen) atoms. The standard InChI is InChI=1S/C26H31ClN2O3S/c27-21-6-7-22-19(15-21)9-10-26(22)17-29-11-3-1-2-4-12-31-13-14-33-28-25(30)20-5-8-24(32-18-26)23(29)16-20/h5-8,15-16H,1-4,9-14,17-18H2,(H,28,30)/t26-/m0/s1. The minimum Gasteiger partial charge on any atom is -0.490 e. The van der Waals surface area contributed by atoms with Gasteiger partial charge in [0.2, 0.25) is 0 Å². The minimum absolute atomic E-state index is 0.0636. The first-order valence-corrected chi connectivity index (χ1v) is 13.3. The van der Waals surface area contributed by atoms with E-state index in [0.29, 0.717) is 18.8 Å². The maximum absolute atomic E-state index is 12.8. The van der Waals surface area contributed by atoms with Gasteiger partial charge >= 0.3 is 0 Å². The van der Waals surface area contributed by atoms with Gasteiger partial charge in [-0.15, -0.1) is 0 Å². The highest BCUT2D eigenvalue weighted by atomic mass is 35.5. The Morgan fingerprint density at radius 2 is 1.97 bits per heavy atom. The Balaban J connectivity index is 1.46. The van der Waals surface area contributed by atoms with E-state index >= 15 is 0 Å². The summed E-state index contributed by atoms with van der Waals surface area (Å²) in [7, 11) is 0. The molecule has 1 amide bonds. The number of aryl methyl sites for hydroxylation is 1. The summed E-state index contributed by atoms with van der Waals surface area (Å²) in [6.45, 7) is 3.92. The lowest BCUT2D eigenvalue weighted by Gasteiger charge is -2.34. The molecule has 0 saturated carbocycles. The van der Waals surface area contributed by atoms with Gasteiger partial charge in [-0.1, -0.05) is 30.5 Å². The molecule has 5 rings (SSSR count). The second kappa shape index (κ2) is 10.2. The summed E-state index contributed by atoms with van der Waals surface area (Å²) in [5, 5.41) is 0.797. The third-order valence-corrected chi connectivity index (χ3v) is 7.97. The molecule has 176 valence electrons. The average molecular weight is 487 g/mol. The number of nitrogens with zero attached hydrogens (tertiary/aromatic N) is 1. The number of hydrogen-bond acceptors (Lipinski definition) is 5. The molecule has 1 spiro atoms. The largest absolute Gasteiger partial charge is 0.490 e. The number of fused-ring (bicyclic) bond motifs is 3. The predicted octanol–water partition coefficient (Wildman–Crippen LogP) is 5.39. The summed E-state index contributed by atoms with van der Waals surface area (Å²) in [4.78, 5) is 15.2.